The van der Waals surface area contributed by atoms with Gasteiger partial charge in [0, 0.05) is 5.56 Å². The summed E-state index contributed by atoms with van der Waals surface area (Å²) in [5.74, 6) is 0.498. The van der Waals surface area contributed by atoms with E-state index in [2.05, 4.69) is 4.99 Å². The number of benzene rings is 1. The van der Waals surface area contributed by atoms with Crippen LogP contribution in [0, 0.1) is 0 Å². The molecule has 1 amide bonds. The van der Waals surface area contributed by atoms with Crippen molar-refractivity contribution in [1.29, 1.82) is 0 Å². The van der Waals surface area contributed by atoms with E-state index >= 15 is 0 Å². The minimum absolute atomic E-state index is 0.113. The molecule has 7 nitrogen and oxygen atoms in total. The fraction of sp³-hybridized carbons (Fsp3) is 0.389. The number of allylic oxidation sites excluding steroid dienone is 1. The molecule has 0 bridgehead atoms. The Morgan fingerprint density at radius 2 is 1.96 bits per heavy atom. The third-order valence-electron chi connectivity index (χ3n) is 4.40. The quantitative estimate of drug-likeness (QED) is 0.752. The fourth-order valence-electron chi connectivity index (χ4n) is 3.12. The highest BCUT2D eigenvalue weighted by Crippen LogP contribution is 2.46. The van der Waals surface area contributed by atoms with Crippen LogP contribution in [0.1, 0.15) is 25.5 Å². The number of amides is 1. The van der Waals surface area contributed by atoms with Gasteiger partial charge in [-0.2, -0.15) is 0 Å². The number of carbonyl (C=O) groups is 2. The minimum Gasteiger partial charge on any atom is -0.497 e. The van der Waals surface area contributed by atoms with Gasteiger partial charge < -0.3 is 14.2 Å². The molecule has 0 aliphatic carbocycles. The Bertz CT molecular complexity index is 833. The van der Waals surface area contributed by atoms with Crippen LogP contribution in [-0.2, 0) is 14.3 Å². The Balaban J connectivity index is 2.25. The summed E-state index contributed by atoms with van der Waals surface area (Å²) in [5.41, 5.74) is 1.47. The largest absolute Gasteiger partial charge is 0.497 e. The Hall–Kier alpha value is -2.48. The molecule has 1 aromatic carbocycles. The van der Waals surface area contributed by atoms with Crippen LogP contribution in [0.25, 0.3) is 0 Å². The van der Waals surface area contributed by atoms with E-state index < -0.39 is 12.0 Å². The third kappa shape index (κ3) is 2.84. The van der Waals surface area contributed by atoms with Crippen molar-refractivity contribution in [2.45, 2.75) is 25.1 Å². The van der Waals surface area contributed by atoms with Gasteiger partial charge >= 0.3 is 5.97 Å². The molecule has 2 aliphatic rings. The average Bonchev–Trinajstić information content (AvgIpc) is 2.92. The maximum absolute atomic E-state index is 12.8. The predicted octanol–water partition coefficient (Wildman–Crippen LogP) is 2.53. The second-order valence-electron chi connectivity index (χ2n) is 5.86. The van der Waals surface area contributed by atoms with Crippen molar-refractivity contribution >= 4 is 28.8 Å². The van der Waals surface area contributed by atoms with Gasteiger partial charge in [0.25, 0.3) is 0 Å². The molecule has 1 saturated heterocycles. The van der Waals surface area contributed by atoms with Gasteiger partial charge in [-0.3, -0.25) is 9.69 Å². The topological polar surface area (TPSA) is 77.4 Å². The maximum Gasteiger partial charge on any atom is 0.338 e. The zero-order valence-corrected chi connectivity index (χ0v) is 16.0. The summed E-state index contributed by atoms with van der Waals surface area (Å²) in [6, 6.07) is 4.59. The van der Waals surface area contributed by atoms with Crippen LogP contribution in [-0.4, -0.2) is 48.5 Å². The summed E-state index contributed by atoms with van der Waals surface area (Å²) in [4.78, 5) is 31.4. The first-order valence-electron chi connectivity index (χ1n) is 8.02. The van der Waals surface area contributed by atoms with Gasteiger partial charge in [-0.15, -0.1) is 0 Å². The highest BCUT2D eigenvalue weighted by atomic mass is 32.2. The summed E-state index contributed by atoms with van der Waals surface area (Å²) in [5, 5.41) is 0.292. The van der Waals surface area contributed by atoms with Gasteiger partial charge in [0.05, 0.1) is 37.8 Å². The normalized spacial score (nSPS) is 22.1. The number of methoxy groups -OCH3 is 3. The fourth-order valence-corrected chi connectivity index (χ4v) is 4.15. The number of esters is 1. The van der Waals surface area contributed by atoms with E-state index in [1.54, 1.807) is 44.2 Å². The number of fused-ring (bicyclic) bond motifs is 1. The monoisotopic (exact) mass is 376 g/mol. The van der Waals surface area contributed by atoms with Gasteiger partial charge in [0.15, 0.2) is 5.17 Å². The number of nitrogens with zero attached hydrogens (tertiary/aromatic N) is 2. The number of carbonyl (C=O) groups excluding carboxylic acids is 2. The summed E-state index contributed by atoms with van der Waals surface area (Å²) in [6.07, 6.45) is 0. The number of thioether (sulfide) groups is 1. The SMILES string of the molecule is COC(=O)C1=C(C)N=C2S[C@@H](C)C(=O)N2[C@@H]1c1cc(OC)ccc1OC. The summed E-state index contributed by atoms with van der Waals surface area (Å²) >= 11 is 1.37. The maximum atomic E-state index is 12.8. The van der Waals surface area contributed by atoms with Gasteiger partial charge in [-0.25, -0.2) is 9.79 Å². The molecule has 0 radical (unpaired) electrons. The van der Waals surface area contributed by atoms with Gasteiger partial charge in [0.1, 0.15) is 17.5 Å². The van der Waals surface area contributed by atoms with Crippen LogP contribution in [0.5, 0.6) is 11.5 Å². The van der Waals surface area contributed by atoms with Gasteiger partial charge in [0.2, 0.25) is 5.91 Å². The lowest BCUT2D eigenvalue weighted by Crippen LogP contribution is -2.40. The number of ether oxygens (including phenoxy) is 3. The van der Waals surface area contributed by atoms with E-state index in [-0.39, 0.29) is 11.2 Å². The lowest BCUT2D eigenvalue weighted by molar-refractivity contribution is -0.137. The van der Waals surface area contributed by atoms with Crippen LogP contribution in [0.15, 0.2) is 34.5 Å². The van der Waals surface area contributed by atoms with Crippen LogP contribution < -0.4 is 9.47 Å². The highest BCUT2D eigenvalue weighted by molar-refractivity contribution is 8.15. The van der Waals surface area contributed by atoms with Gasteiger partial charge in [-0.05, 0) is 32.0 Å². The van der Waals surface area contributed by atoms with E-state index in [0.717, 1.165) is 0 Å². The molecule has 2 heterocycles. The van der Waals surface area contributed by atoms with Crippen molar-refractivity contribution in [1.82, 2.24) is 4.90 Å². The number of rotatable bonds is 4. The molecule has 0 aromatic heterocycles. The lowest BCUT2D eigenvalue weighted by atomic mass is 9.93. The van der Waals surface area contributed by atoms with Crippen LogP contribution in [0.4, 0.5) is 0 Å². The van der Waals surface area contributed by atoms with E-state index in [1.165, 1.54) is 18.9 Å². The Labute approximate surface area is 156 Å². The van der Waals surface area contributed by atoms with Crippen LogP contribution >= 0.6 is 11.8 Å². The molecule has 0 unspecified atom stereocenters. The van der Waals surface area contributed by atoms with Crippen LogP contribution in [0.2, 0.25) is 0 Å². The Kier molecular flexibility index (Phi) is 4.95. The van der Waals surface area contributed by atoms with E-state index in [0.29, 0.717) is 33.5 Å². The second kappa shape index (κ2) is 7.03. The smallest absolute Gasteiger partial charge is 0.338 e. The molecular weight excluding hydrogens is 356 g/mol. The van der Waals surface area contributed by atoms with Crippen molar-refractivity contribution in [3.63, 3.8) is 0 Å². The molecule has 2 aliphatic heterocycles. The molecule has 0 N–H and O–H groups in total. The number of amidine groups is 1. The molecule has 1 fully saturated rings. The molecule has 8 heteroatoms. The Morgan fingerprint density at radius 3 is 2.58 bits per heavy atom. The molecule has 26 heavy (non-hydrogen) atoms. The first-order valence-corrected chi connectivity index (χ1v) is 8.90. The molecular formula is C18H20N2O5S. The third-order valence-corrected chi connectivity index (χ3v) is 5.45. The lowest BCUT2D eigenvalue weighted by Gasteiger charge is -2.33. The molecule has 3 rings (SSSR count). The van der Waals surface area contributed by atoms with Crippen LogP contribution in [0.3, 0.4) is 0 Å². The highest BCUT2D eigenvalue weighted by Gasteiger charge is 2.47. The zero-order valence-electron chi connectivity index (χ0n) is 15.2. The molecule has 1 aromatic rings. The first kappa shape index (κ1) is 18.3. The van der Waals surface area contributed by atoms with E-state index in [1.807, 2.05) is 6.92 Å². The first-order chi connectivity index (χ1) is 12.4. The van der Waals surface area contributed by atoms with E-state index in [9.17, 15) is 9.59 Å². The molecule has 0 spiro atoms. The van der Waals surface area contributed by atoms with E-state index in [4.69, 9.17) is 14.2 Å². The Morgan fingerprint density at radius 1 is 1.23 bits per heavy atom. The molecule has 138 valence electrons. The molecule has 0 saturated carbocycles. The summed E-state index contributed by atoms with van der Waals surface area (Å²) in [7, 11) is 4.41. The van der Waals surface area contributed by atoms with Crippen molar-refractivity contribution in [2.75, 3.05) is 21.3 Å². The van der Waals surface area contributed by atoms with Crippen molar-refractivity contribution in [3.8, 4) is 11.5 Å². The predicted molar refractivity (Wildman–Crippen MR) is 98.3 cm³/mol. The standard InChI is InChI=1S/C18H20N2O5S/c1-9-14(17(22)25-5)15(20-16(21)10(2)26-18(20)19-9)12-8-11(23-3)6-7-13(12)24-4/h6-8,10,15H,1-5H3/t10-,15+/m0/s1. The van der Waals surface area contributed by atoms with Crippen molar-refractivity contribution in [3.05, 3.63) is 35.0 Å². The zero-order chi connectivity index (χ0) is 19.0. The number of aliphatic imine (C=N–C) groups is 1. The molecule has 2 atom stereocenters. The minimum atomic E-state index is -0.690. The average molecular weight is 376 g/mol. The van der Waals surface area contributed by atoms with Crippen molar-refractivity contribution in [2.24, 2.45) is 4.99 Å². The number of hydrogen-bond donors (Lipinski definition) is 0. The van der Waals surface area contributed by atoms with Gasteiger partial charge in [-0.1, -0.05) is 11.8 Å². The summed E-state index contributed by atoms with van der Waals surface area (Å²) < 4.78 is 15.8. The summed E-state index contributed by atoms with van der Waals surface area (Å²) in [6.45, 7) is 3.56. The number of hydrogen-bond acceptors (Lipinski definition) is 7. The van der Waals surface area contributed by atoms with Crippen molar-refractivity contribution < 1.29 is 23.8 Å². The second-order valence-corrected chi connectivity index (χ2v) is 7.17.